The maximum atomic E-state index is 5.13. The molecule has 0 aliphatic rings. The first kappa shape index (κ1) is 19.2. The lowest BCUT2D eigenvalue weighted by molar-refractivity contribution is 0.179. The highest BCUT2D eigenvalue weighted by Crippen LogP contribution is 1.95. The molecule has 0 saturated heterocycles. The Morgan fingerprint density at radius 1 is 1.20 bits per heavy atom. The molecule has 5 heteroatoms. The van der Waals surface area contributed by atoms with Crippen molar-refractivity contribution in [3.05, 3.63) is 0 Å². The Bertz CT molecular complexity index is 242. The van der Waals surface area contributed by atoms with Crippen molar-refractivity contribution in [2.45, 2.75) is 46.6 Å². The van der Waals surface area contributed by atoms with Gasteiger partial charge >= 0.3 is 0 Å². The molecule has 5 nitrogen and oxygen atoms in total. The molecular weight excluding hydrogens is 252 g/mol. The molecule has 0 aromatic carbocycles. The highest BCUT2D eigenvalue weighted by atomic mass is 16.5. The normalized spacial score (nSPS) is 13.6. The third kappa shape index (κ3) is 10.0. The minimum absolute atomic E-state index is 0.272. The second kappa shape index (κ2) is 13.2. The summed E-state index contributed by atoms with van der Waals surface area (Å²) in [6.07, 6.45) is 2.34. The third-order valence-corrected chi connectivity index (χ3v) is 3.19. The van der Waals surface area contributed by atoms with E-state index in [1.165, 1.54) is 13.0 Å². The van der Waals surface area contributed by atoms with Crippen molar-refractivity contribution in [1.82, 2.24) is 15.5 Å². The summed E-state index contributed by atoms with van der Waals surface area (Å²) in [6.45, 7) is 14.5. The van der Waals surface area contributed by atoms with Gasteiger partial charge in [0.25, 0.3) is 0 Å². The van der Waals surface area contributed by atoms with Gasteiger partial charge in [-0.05, 0) is 46.3 Å². The number of hydrogen-bond acceptors (Lipinski definition) is 3. The van der Waals surface area contributed by atoms with Gasteiger partial charge in [-0.3, -0.25) is 4.99 Å². The van der Waals surface area contributed by atoms with E-state index in [1.807, 2.05) is 0 Å². The first-order valence-corrected chi connectivity index (χ1v) is 7.93. The number of nitrogens with zero attached hydrogens (tertiary/aromatic N) is 2. The molecule has 120 valence electrons. The number of ether oxygens (including phenoxy) is 1. The lowest BCUT2D eigenvalue weighted by Gasteiger charge is -2.18. The molecule has 20 heavy (non-hydrogen) atoms. The van der Waals surface area contributed by atoms with Crippen LogP contribution in [0.4, 0.5) is 0 Å². The van der Waals surface area contributed by atoms with Crippen LogP contribution in [-0.2, 0) is 4.74 Å². The standard InChI is InChI=1S/C15H34N4O/c1-6-16-15(18-14(4)13-20-5)17-11-9-10-12-19(7-2)8-3/h14H,6-13H2,1-5H3,(H2,16,17,18). The topological polar surface area (TPSA) is 48.9 Å². The van der Waals surface area contributed by atoms with Gasteiger partial charge in [0.1, 0.15) is 0 Å². The summed E-state index contributed by atoms with van der Waals surface area (Å²) in [5.74, 6) is 0.889. The van der Waals surface area contributed by atoms with Gasteiger partial charge in [-0.15, -0.1) is 0 Å². The van der Waals surface area contributed by atoms with Crippen molar-refractivity contribution in [2.24, 2.45) is 4.99 Å². The van der Waals surface area contributed by atoms with E-state index in [2.05, 4.69) is 48.2 Å². The Kier molecular flexibility index (Phi) is 12.7. The zero-order valence-electron chi connectivity index (χ0n) is 14.0. The summed E-state index contributed by atoms with van der Waals surface area (Å²) in [6, 6.07) is 0.272. The molecule has 1 atom stereocenters. The van der Waals surface area contributed by atoms with E-state index in [9.17, 15) is 0 Å². The van der Waals surface area contributed by atoms with E-state index in [0.717, 1.165) is 38.6 Å². The quantitative estimate of drug-likeness (QED) is 0.345. The summed E-state index contributed by atoms with van der Waals surface area (Å²) in [7, 11) is 1.72. The van der Waals surface area contributed by atoms with Gasteiger partial charge in [0.2, 0.25) is 0 Å². The van der Waals surface area contributed by atoms with Crippen LogP contribution in [0.5, 0.6) is 0 Å². The number of hydrogen-bond donors (Lipinski definition) is 2. The number of methoxy groups -OCH3 is 1. The maximum Gasteiger partial charge on any atom is 0.191 e. The fraction of sp³-hybridized carbons (Fsp3) is 0.933. The number of aliphatic imine (C=N–C) groups is 1. The van der Waals surface area contributed by atoms with E-state index in [1.54, 1.807) is 7.11 Å². The summed E-state index contributed by atoms with van der Waals surface area (Å²) in [5.41, 5.74) is 0. The molecule has 1 unspecified atom stereocenters. The van der Waals surface area contributed by atoms with Crippen LogP contribution in [-0.4, -0.2) is 63.3 Å². The molecule has 0 rings (SSSR count). The van der Waals surface area contributed by atoms with Crippen molar-refractivity contribution in [1.29, 1.82) is 0 Å². The van der Waals surface area contributed by atoms with Crippen molar-refractivity contribution < 1.29 is 4.74 Å². The fourth-order valence-corrected chi connectivity index (χ4v) is 2.02. The van der Waals surface area contributed by atoms with Gasteiger partial charge in [0.15, 0.2) is 5.96 Å². The molecule has 2 N–H and O–H groups in total. The van der Waals surface area contributed by atoms with Gasteiger partial charge in [-0.1, -0.05) is 13.8 Å². The third-order valence-electron chi connectivity index (χ3n) is 3.19. The Hall–Kier alpha value is -0.810. The lowest BCUT2D eigenvalue weighted by Crippen LogP contribution is -2.44. The molecule has 0 aromatic rings. The average Bonchev–Trinajstić information content (AvgIpc) is 2.43. The van der Waals surface area contributed by atoms with Crippen molar-refractivity contribution >= 4 is 5.96 Å². The van der Waals surface area contributed by atoms with E-state index < -0.39 is 0 Å². The minimum atomic E-state index is 0.272. The Labute approximate surface area is 125 Å². The molecule has 0 bridgehead atoms. The Morgan fingerprint density at radius 3 is 2.45 bits per heavy atom. The summed E-state index contributed by atoms with van der Waals surface area (Å²) in [4.78, 5) is 7.06. The van der Waals surface area contributed by atoms with Crippen LogP contribution in [0.3, 0.4) is 0 Å². The summed E-state index contributed by atoms with van der Waals surface area (Å²) >= 11 is 0. The van der Waals surface area contributed by atoms with Crippen molar-refractivity contribution in [2.75, 3.05) is 46.4 Å². The zero-order valence-corrected chi connectivity index (χ0v) is 14.0. The average molecular weight is 286 g/mol. The largest absolute Gasteiger partial charge is 0.383 e. The van der Waals surface area contributed by atoms with E-state index in [4.69, 9.17) is 4.74 Å². The van der Waals surface area contributed by atoms with Gasteiger partial charge in [-0.2, -0.15) is 0 Å². The molecule has 0 amide bonds. The van der Waals surface area contributed by atoms with E-state index >= 15 is 0 Å². The molecule has 0 saturated carbocycles. The second-order valence-electron chi connectivity index (χ2n) is 5.00. The predicted octanol–water partition coefficient (Wildman–Crippen LogP) is 1.70. The highest BCUT2D eigenvalue weighted by Gasteiger charge is 2.04. The van der Waals surface area contributed by atoms with Crippen LogP contribution >= 0.6 is 0 Å². The summed E-state index contributed by atoms with van der Waals surface area (Å²) in [5, 5.41) is 6.61. The van der Waals surface area contributed by atoms with Crippen LogP contribution in [0, 0.1) is 0 Å². The molecule has 0 heterocycles. The van der Waals surface area contributed by atoms with Gasteiger partial charge < -0.3 is 20.3 Å². The highest BCUT2D eigenvalue weighted by molar-refractivity contribution is 5.80. The second-order valence-corrected chi connectivity index (χ2v) is 5.00. The van der Waals surface area contributed by atoms with Crippen LogP contribution in [0.2, 0.25) is 0 Å². The van der Waals surface area contributed by atoms with E-state index in [0.29, 0.717) is 6.61 Å². The van der Waals surface area contributed by atoms with Gasteiger partial charge in [0, 0.05) is 26.2 Å². The van der Waals surface area contributed by atoms with Gasteiger partial charge in [-0.25, -0.2) is 0 Å². The number of guanidine groups is 1. The molecule has 0 aliphatic heterocycles. The number of nitrogens with one attached hydrogen (secondary N) is 2. The van der Waals surface area contributed by atoms with E-state index in [-0.39, 0.29) is 6.04 Å². The first-order chi connectivity index (χ1) is 9.67. The first-order valence-electron chi connectivity index (χ1n) is 7.93. The molecule has 0 aromatic heterocycles. The number of rotatable bonds is 11. The van der Waals surface area contributed by atoms with Crippen molar-refractivity contribution in [3.8, 4) is 0 Å². The van der Waals surface area contributed by atoms with Crippen LogP contribution < -0.4 is 10.6 Å². The maximum absolute atomic E-state index is 5.13. The Balaban J connectivity index is 3.95. The molecule has 0 aliphatic carbocycles. The zero-order chi connectivity index (χ0) is 15.2. The van der Waals surface area contributed by atoms with Crippen LogP contribution in [0.15, 0.2) is 4.99 Å². The molecular formula is C15H34N4O. The smallest absolute Gasteiger partial charge is 0.191 e. The molecule has 0 radical (unpaired) electrons. The molecule has 0 fully saturated rings. The van der Waals surface area contributed by atoms with Crippen LogP contribution in [0.1, 0.15) is 40.5 Å². The molecule has 0 spiro atoms. The lowest BCUT2D eigenvalue weighted by atomic mass is 10.3. The summed E-state index contributed by atoms with van der Waals surface area (Å²) < 4.78 is 5.13. The SMILES string of the molecule is CCNC(=NCCCCN(CC)CC)NC(C)COC. The fourth-order valence-electron chi connectivity index (χ4n) is 2.02. The van der Waals surface area contributed by atoms with Crippen molar-refractivity contribution in [3.63, 3.8) is 0 Å². The Morgan fingerprint density at radius 2 is 1.90 bits per heavy atom. The predicted molar refractivity (Wildman–Crippen MR) is 87.5 cm³/mol. The number of unbranched alkanes of at least 4 members (excludes halogenated alkanes) is 1. The van der Waals surface area contributed by atoms with Gasteiger partial charge in [0.05, 0.1) is 6.61 Å². The minimum Gasteiger partial charge on any atom is -0.383 e. The van der Waals surface area contributed by atoms with Crippen LogP contribution in [0.25, 0.3) is 0 Å². The monoisotopic (exact) mass is 286 g/mol.